The Bertz CT molecular complexity index is 675. The van der Waals surface area contributed by atoms with E-state index in [1.807, 2.05) is 0 Å². The molecule has 0 unspecified atom stereocenters. The Hall–Kier alpha value is -2.13. The number of nitrogens with zero attached hydrogens (tertiary/aromatic N) is 2. The number of aromatic nitrogens is 2. The molecule has 0 saturated carbocycles. The molecule has 1 aromatic heterocycles. The zero-order chi connectivity index (χ0) is 15.9. The van der Waals surface area contributed by atoms with E-state index in [0.717, 1.165) is 0 Å². The Morgan fingerprint density at radius 2 is 2.09 bits per heavy atom. The van der Waals surface area contributed by atoms with Gasteiger partial charge in [0, 0.05) is 7.05 Å². The molecule has 1 aromatic carbocycles. The maximum atomic E-state index is 12.0. The van der Waals surface area contributed by atoms with Crippen molar-refractivity contribution >= 4 is 45.8 Å². The van der Waals surface area contributed by atoms with Gasteiger partial charge in [0.15, 0.2) is 4.34 Å². The first kappa shape index (κ1) is 16.2. The molecule has 2 rings (SSSR count). The molecule has 2 aromatic rings. The average Bonchev–Trinajstić information content (AvgIpc) is 3.01. The molecule has 0 spiro atoms. The van der Waals surface area contributed by atoms with E-state index in [0.29, 0.717) is 20.7 Å². The van der Waals surface area contributed by atoms with Crippen molar-refractivity contribution in [1.29, 1.82) is 0 Å². The summed E-state index contributed by atoms with van der Waals surface area (Å²) in [7, 11) is 3.05. The number of carbonyl (C=O) groups is 2. The molecular formula is C13H14N4O3S2. The minimum atomic E-state index is -0.494. The van der Waals surface area contributed by atoms with Gasteiger partial charge >= 0.3 is 5.97 Å². The third kappa shape index (κ3) is 4.18. The SMILES string of the molecule is CNc1nnc(SCC(=O)Nc2ccccc2C(=O)OC)s1. The Balaban J connectivity index is 1.96. The predicted molar refractivity (Wildman–Crippen MR) is 86.6 cm³/mol. The van der Waals surface area contributed by atoms with Crippen LogP contribution in [0.15, 0.2) is 28.6 Å². The summed E-state index contributed by atoms with van der Waals surface area (Å²) >= 11 is 2.65. The smallest absolute Gasteiger partial charge is 0.339 e. The molecule has 22 heavy (non-hydrogen) atoms. The van der Waals surface area contributed by atoms with Crippen molar-refractivity contribution in [2.75, 3.05) is 30.5 Å². The van der Waals surface area contributed by atoms with Crippen molar-refractivity contribution < 1.29 is 14.3 Å². The molecule has 0 radical (unpaired) electrons. The summed E-state index contributed by atoms with van der Waals surface area (Å²) in [5.41, 5.74) is 0.741. The number of rotatable bonds is 6. The minimum Gasteiger partial charge on any atom is -0.465 e. The van der Waals surface area contributed by atoms with Crippen molar-refractivity contribution in [2.45, 2.75) is 4.34 Å². The van der Waals surface area contributed by atoms with Crippen molar-refractivity contribution in [3.8, 4) is 0 Å². The summed E-state index contributed by atoms with van der Waals surface area (Å²) in [5.74, 6) is -0.553. The minimum absolute atomic E-state index is 0.174. The molecule has 0 aliphatic heterocycles. The number of carbonyl (C=O) groups excluding carboxylic acids is 2. The number of hydrogen-bond donors (Lipinski definition) is 2. The number of thioether (sulfide) groups is 1. The van der Waals surface area contributed by atoms with Gasteiger partial charge in [-0.05, 0) is 12.1 Å². The maximum Gasteiger partial charge on any atom is 0.339 e. The van der Waals surface area contributed by atoms with E-state index in [2.05, 4.69) is 25.6 Å². The first-order chi connectivity index (χ1) is 10.6. The molecule has 7 nitrogen and oxygen atoms in total. The fourth-order valence-corrected chi connectivity index (χ4v) is 3.07. The maximum absolute atomic E-state index is 12.0. The molecule has 0 aliphatic carbocycles. The molecule has 0 saturated heterocycles. The highest BCUT2D eigenvalue weighted by Gasteiger charge is 2.14. The van der Waals surface area contributed by atoms with Crippen molar-refractivity contribution in [2.24, 2.45) is 0 Å². The number of benzene rings is 1. The summed E-state index contributed by atoms with van der Waals surface area (Å²) < 4.78 is 5.38. The van der Waals surface area contributed by atoms with E-state index in [4.69, 9.17) is 0 Å². The van der Waals surface area contributed by atoms with Gasteiger partial charge in [0.25, 0.3) is 0 Å². The second-order valence-corrected chi connectivity index (χ2v) is 6.20. The summed E-state index contributed by atoms with van der Waals surface area (Å²) in [5, 5.41) is 14.1. The molecule has 2 N–H and O–H groups in total. The van der Waals surface area contributed by atoms with Gasteiger partial charge < -0.3 is 15.4 Å². The second-order valence-electron chi connectivity index (χ2n) is 4.00. The highest BCUT2D eigenvalue weighted by molar-refractivity contribution is 8.01. The van der Waals surface area contributed by atoms with Gasteiger partial charge in [-0.15, -0.1) is 10.2 Å². The molecular weight excluding hydrogens is 324 g/mol. The fourth-order valence-electron chi connectivity index (χ4n) is 1.56. The van der Waals surface area contributed by atoms with Gasteiger partial charge in [0.05, 0.1) is 24.1 Å². The lowest BCUT2D eigenvalue weighted by molar-refractivity contribution is -0.113. The highest BCUT2D eigenvalue weighted by Crippen LogP contribution is 2.25. The molecule has 0 aliphatic rings. The van der Waals surface area contributed by atoms with Gasteiger partial charge in [-0.3, -0.25) is 4.79 Å². The van der Waals surface area contributed by atoms with Gasteiger partial charge in [-0.25, -0.2) is 4.79 Å². The topological polar surface area (TPSA) is 93.2 Å². The number of hydrogen-bond acceptors (Lipinski definition) is 8. The van der Waals surface area contributed by atoms with Crippen LogP contribution in [-0.4, -0.2) is 42.0 Å². The molecule has 9 heteroatoms. The van der Waals surface area contributed by atoms with Crippen LogP contribution in [-0.2, 0) is 9.53 Å². The van der Waals surface area contributed by atoms with E-state index in [1.54, 1.807) is 31.3 Å². The standard InChI is InChI=1S/C13H14N4O3S2/c1-14-12-16-17-13(22-12)21-7-10(18)15-9-6-4-3-5-8(9)11(19)20-2/h3-6H,7H2,1-2H3,(H,14,16)(H,15,18). The average molecular weight is 338 g/mol. The quantitative estimate of drug-likeness (QED) is 0.615. The van der Waals surface area contributed by atoms with Gasteiger partial charge in [-0.2, -0.15) is 0 Å². The van der Waals surface area contributed by atoms with Crippen LogP contribution in [0.3, 0.4) is 0 Å². The normalized spacial score (nSPS) is 10.1. The Morgan fingerprint density at radius 3 is 2.77 bits per heavy atom. The van der Waals surface area contributed by atoms with Crippen LogP contribution < -0.4 is 10.6 Å². The van der Waals surface area contributed by atoms with Gasteiger partial charge in [0.2, 0.25) is 11.0 Å². The van der Waals surface area contributed by atoms with Crippen LogP contribution in [0, 0.1) is 0 Å². The van der Waals surface area contributed by atoms with Crippen LogP contribution >= 0.6 is 23.1 Å². The van der Waals surface area contributed by atoms with Crippen LogP contribution in [0.4, 0.5) is 10.8 Å². The van der Waals surface area contributed by atoms with Crippen molar-refractivity contribution in [3.63, 3.8) is 0 Å². The predicted octanol–water partition coefficient (Wildman–Crippen LogP) is 2.10. The molecule has 1 heterocycles. The monoisotopic (exact) mass is 338 g/mol. The third-order valence-corrected chi connectivity index (χ3v) is 4.63. The van der Waals surface area contributed by atoms with Gasteiger partial charge in [0.1, 0.15) is 0 Å². The van der Waals surface area contributed by atoms with E-state index >= 15 is 0 Å². The highest BCUT2D eigenvalue weighted by atomic mass is 32.2. The number of esters is 1. The zero-order valence-electron chi connectivity index (χ0n) is 12.0. The number of nitrogens with one attached hydrogen (secondary N) is 2. The third-order valence-electron chi connectivity index (χ3n) is 2.55. The van der Waals surface area contributed by atoms with E-state index in [1.165, 1.54) is 30.2 Å². The molecule has 0 fully saturated rings. The molecule has 0 atom stereocenters. The Morgan fingerprint density at radius 1 is 1.32 bits per heavy atom. The zero-order valence-corrected chi connectivity index (χ0v) is 13.6. The number of amides is 1. The number of anilines is 2. The van der Waals surface area contributed by atoms with Crippen molar-refractivity contribution in [3.05, 3.63) is 29.8 Å². The summed E-state index contributed by atoms with van der Waals surface area (Å²) in [6, 6.07) is 6.69. The van der Waals surface area contributed by atoms with Crippen LogP contribution in [0.1, 0.15) is 10.4 Å². The van der Waals surface area contributed by atoms with Crippen LogP contribution in [0.5, 0.6) is 0 Å². The van der Waals surface area contributed by atoms with Crippen molar-refractivity contribution in [1.82, 2.24) is 10.2 Å². The molecule has 116 valence electrons. The van der Waals surface area contributed by atoms with E-state index in [9.17, 15) is 9.59 Å². The first-order valence-electron chi connectivity index (χ1n) is 6.25. The van der Waals surface area contributed by atoms with Crippen LogP contribution in [0.25, 0.3) is 0 Å². The van der Waals surface area contributed by atoms with E-state index in [-0.39, 0.29) is 11.7 Å². The number of methoxy groups -OCH3 is 1. The second kappa shape index (κ2) is 7.76. The van der Waals surface area contributed by atoms with Crippen LogP contribution in [0.2, 0.25) is 0 Å². The Labute approximate surface area is 135 Å². The first-order valence-corrected chi connectivity index (χ1v) is 8.05. The number of ether oxygens (including phenoxy) is 1. The Kier molecular flexibility index (Phi) is 5.73. The molecule has 0 bridgehead atoms. The lowest BCUT2D eigenvalue weighted by Crippen LogP contribution is -2.17. The number of para-hydroxylation sites is 1. The van der Waals surface area contributed by atoms with E-state index < -0.39 is 5.97 Å². The lowest BCUT2D eigenvalue weighted by atomic mass is 10.2. The summed E-state index contributed by atoms with van der Waals surface area (Å²) in [6.45, 7) is 0. The fraction of sp³-hybridized carbons (Fsp3) is 0.231. The largest absolute Gasteiger partial charge is 0.465 e. The summed E-state index contributed by atoms with van der Waals surface area (Å²) in [4.78, 5) is 23.6. The summed E-state index contributed by atoms with van der Waals surface area (Å²) in [6.07, 6.45) is 0. The molecule has 1 amide bonds. The lowest BCUT2D eigenvalue weighted by Gasteiger charge is -2.08. The van der Waals surface area contributed by atoms with Gasteiger partial charge in [-0.1, -0.05) is 35.2 Å².